The summed E-state index contributed by atoms with van der Waals surface area (Å²) >= 11 is 0. The fraction of sp³-hybridized carbons (Fsp3) is 0.500. The van der Waals surface area contributed by atoms with Crippen molar-refractivity contribution in [2.75, 3.05) is 31.1 Å². The first-order chi connectivity index (χ1) is 14.3. The molecule has 10 heteroatoms. The van der Waals surface area contributed by atoms with Gasteiger partial charge in [-0.25, -0.2) is 4.79 Å². The minimum Gasteiger partial charge on any atom is -0.480 e. The third-order valence-electron chi connectivity index (χ3n) is 6.00. The quantitative estimate of drug-likeness (QED) is 0.671. The topological polar surface area (TPSA) is 117 Å². The number of benzene rings is 1. The van der Waals surface area contributed by atoms with E-state index in [1.165, 1.54) is 9.13 Å². The number of carbonyl (C=O) groups is 3. The summed E-state index contributed by atoms with van der Waals surface area (Å²) in [6.45, 7) is 4.04. The van der Waals surface area contributed by atoms with Crippen LogP contribution in [0.25, 0.3) is 11.0 Å². The van der Waals surface area contributed by atoms with E-state index in [1.807, 2.05) is 30.0 Å². The second-order valence-corrected chi connectivity index (χ2v) is 8.02. The molecule has 4 rings (SSSR count). The van der Waals surface area contributed by atoms with Gasteiger partial charge >= 0.3 is 11.7 Å². The van der Waals surface area contributed by atoms with Gasteiger partial charge in [0.1, 0.15) is 6.04 Å². The van der Waals surface area contributed by atoms with Gasteiger partial charge in [0.15, 0.2) is 0 Å². The maximum absolute atomic E-state index is 12.9. The molecule has 2 amide bonds. The number of carbonyl (C=O) groups excluding carboxylic acids is 2. The zero-order chi connectivity index (χ0) is 21.6. The lowest BCUT2D eigenvalue weighted by molar-refractivity contribution is -0.139. The number of hydrogen-bond donors (Lipinski definition) is 2. The Hall–Kier alpha value is -3.14. The van der Waals surface area contributed by atoms with Gasteiger partial charge in [-0.15, -0.1) is 0 Å². The third kappa shape index (κ3) is 3.47. The number of rotatable bonds is 4. The molecule has 160 valence electrons. The maximum Gasteiger partial charge on any atom is 0.329 e. The molecule has 1 aromatic carbocycles. The standard InChI is InChI=1S/C20H25N5O5/c1-12-10-23(11-18(27)28)7-8-24(12)13-3-4-14-16(9-13)22(2)20(30)25(14)15-5-6-17(26)21-19(15)29/h3-4,9,12,15H,5-8,10-11H2,1-2H3,(H,27,28)(H,21,26,29)/t12-,15?/m1/s1. The largest absolute Gasteiger partial charge is 0.480 e. The molecular formula is C20H25N5O5. The number of nitrogens with one attached hydrogen (secondary N) is 1. The molecule has 0 bridgehead atoms. The molecular weight excluding hydrogens is 390 g/mol. The molecule has 10 nitrogen and oxygen atoms in total. The number of piperidine rings is 1. The van der Waals surface area contributed by atoms with Crippen LogP contribution in [-0.2, 0) is 21.4 Å². The van der Waals surface area contributed by atoms with E-state index in [9.17, 15) is 19.2 Å². The number of carboxylic acids is 1. The lowest BCUT2D eigenvalue weighted by Crippen LogP contribution is -2.53. The van der Waals surface area contributed by atoms with Crippen molar-refractivity contribution in [3.8, 4) is 0 Å². The van der Waals surface area contributed by atoms with E-state index in [4.69, 9.17) is 5.11 Å². The average Bonchev–Trinajstić information content (AvgIpc) is 2.92. The zero-order valence-corrected chi connectivity index (χ0v) is 17.0. The molecule has 2 saturated heterocycles. The van der Waals surface area contributed by atoms with E-state index in [0.717, 1.165) is 5.69 Å². The summed E-state index contributed by atoms with van der Waals surface area (Å²) in [4.78, 5) is 51.8. The van der Waals surface area contributed by atoms with Crippen LogP contribution in [0.1, 0.15) is 25.8 Å². The SMILES string of the molecule is C[C@@H]1CN(CC(=O)O)CCN1c1ccc2c(c1)n(C)c(=O)n2C1CCC(=O)NC1=O. The van der Waals surface area contributed by atoms with Gasteiger partial charge in [0.25, 0.3) is 0 Å². The fourth-order valence-corrected chi connectivity index (χ4v) is 4.51. The van der Waals surface area contributed by atoms with E-state index in [-0.39, 0.29) is 30.6 Å². The molecule has 30 heavy (non-hydrogen) atoms. The Balaban J connectivity index is 1.65. The number of carboxylic acid groups (broad SMARTS) is 1. The molecule has 2 aromatic rings. The number of anilines is 1. The van der Waals surface area contributed by atoms with Gasteiger partial charge in [0.05, 0.1) is 17.6 Å². The van der Waals surface area contributed by atoms with Crippen molar-refractivity contribution in [3.63, 3.8) is 0 Å². The first-order valence-electron chi connectivity index (χ1n) is 10.0. The molecule has 3 heterocycles. The van der Waals surface area contributed by atoms with Gasteiger partial charge in [-0.2, -0.15) is 0 Å². The highest BCUT2D eigenvalue weighted by Crippen LogP contribution is 2.28. The van der Waals surface area contributed by atoms with Crippen LogP contribution in [0.15, 0.2) is 23.0 Å². The summed E-state index contributed by atoms with van der Waals surface area (Å²) in [5.41, 5.74) is 2.01. The molecule has 2 atom stereocenters. The number of amides is 2. The van der Waals surface area contributed by atoms with E-state index < -0.39 is 17.9 Å². The van der Waals surface area contributed by atoms with E-state index >= 15 is 0 Å². The Kier molecular flexibility index (Phi) is 5.10. The molecule has 1 unspecified atom stereocenters. The minimum atomic E-state index is -0.832. The number of piperazine rings is 1. The van der Waals surface area contributed by atoms with Gasteiger partial charge in [-0.05, 0) is 31.5 Å². The van der Waals surface area contributed by atoms with Gasteiger partial charge in [0, 0.05) is 44.8 Å². The maximum atomic E-state index is 12.9. The number of nitrogens with zero attached hydrogens (tertiary/aromatic N) is 4. The fourth-order valence-electron chi connectivity index (χ4n) is 4.51. The lowest BCUT2D eigenvalue weighted by atomic mass is 10.1. The number of aliphatic carboxylic acids is 1. The first-order valence-corrected chi connectivity index (χ1v) is 10.0. The number of aryl methyl sites for hydroxylation is 1. The second kappa shape index (κ2) is 7.60. The normalized spacial score (nSPS) is 23.1. The average molecular weight is 415 g/mol. The number of aromatic nitrogens is 2. The summed E-state index contributed by atoms with van der Waals surface area (Å²) in [6, 6.07) is 5.11. The molecule has 2 aliphatic rings. The molecule has 2 N–H and O–H groups in total. The van der Waals surface area contributed by atoms with Crippen molar-refractivity contribution >= 4 is 34.5 Å². The molecule has 1 aromatic heterocycles. The van der Waals surface area contributed by atoms with Gasteiger partial charge in [-0.1, -0.05) is 0 Å². The second-order valence-electron chi connectivity index (χ2n) is 8.02. The van der Waals surface area contributed by atoms with Crippen LogP contribution in [0.5, 0.6) is 0 Å². The summed E-state index contributed by atoms with van der Waals surface area (Å²) in [6.07, 6.45) is 0.503. The lowest BCUT2D eigenvalue weighted by Gasteiger charge is -2.40. The van der Waals surface area contributed by atoms with Crippen molar-refractivity contribution in [3.05, 3.63) is 28.7 Å². The number of imide groups is 1. The van der Waals surface area contributed by atoms with Crippen LogP contribution in [0.3, 0.4) is 0 Å². The van der Waals surface area contributed by atoms with Gasteiger partial charge < -0.3 is 10.0 Å². The molecule has 0 radical (unpaired) electrons. The molecule has 0 saturated carbocycles. The summed E-state index contributed by atoms with van der Waals surface area (Å²) < 4.78 is 2.99. The molecule has 0 aliphatic carbocycles. The van der Waals surface area contributed by atoms with Crippen LogP contribution in [0, 0.1) is 0 Å². The minimum absolute atomic E-state index is 0.0283. The van der Waals surface area contributed by atoms with Crippen molar-refractivity contribution in [1.82, 2.24) is 19.4 Å². The predicted octanol–water partition coefficient (Wildman–Crippen LogP) is -0.0872. The van der Waals surface area contributed by atoms with Crippen LogP contribution in [0.4, 0.5) is 5.69 Å². The van der Waals surface area contributed by atoms with Crippen LogP contribution < -0.4 is 15.9 Å². The predicted molar refractivity (Wildman–Crippen MR) is 109 cm³/mol. The number of fused-ring (bicyclic) bond motifs is 1. The number of hydrogen-bond acceptors (Lipinski definition) is 6. The van der Waals surface area contributed by atoms with Crippen molar-refractivity contribution in [1.29, 1.82) is 0 Å². The van der Waals surface area contributed by atoms with Crippen molar-refractivity contribution in [2.45, 2.75) is 31.8 Å². The van der Waals surface area contributed by atoms with E-state index in [2.05, 4.69) is 10.2 Å². The van der Waals surface area contributed by atoms with Crippen LogP contribution in [-0.4, -0.2) is 69.1 Å². The Morgan fingerprint density at radius 2 is 1.97 bits per heavy atom. The van der Waals surface area contributed by atoms with E-state index in [0.29, 0.717) is 37.1 Å². The Morgan fingerprint density at radius 3 is 2.63 bits per heavy atom. The van der Waals surface area contributed by atoms with E-state index in [1.54, 1.807) is 7.05 Å². The smallest absolute Gasteiger partial charge is 0.329 e. The zero-order valence-electron chi connectivity index (χ0n) is 17.0. The Bertz CT molecular complexity index is 1090. The highest BCUT2D eigenvalue weighted by Gasteiger charge is 2.32. The molecule has 2 fully saturated rings. The van der Waals surface area contributed by atoms with Crippen molar-refractivity contribution < 1.29 is 19.5 Å². The summed E-state index contributed by atoms with van der Waals surface area (Å²) in [5.74, 6) is -1.60. The Morgan fingerprint density at radius 1 is 1.20 bits per heavy atom. The van der Waals surface area contributed by atoms with Crippen LogP contribution >= 0.6 is 0 Å². The monoisotopic (exact) mass is 415 g/mol. The molecule has 2 aliphatic heterocycles. The summed E-state index contributed by atoms with van der Waals surface area (Å²) in [5, 5.41) is 11.3. The summed E-state index contributed by atoms with van der Waals surface area (Å²) in [7, 11) is 1.67. The van der Waals surface area contributed by atoms with Crippen LogP contribution in [0.2, 0.25) is 0 Å². The first kappa shape index (κ1) is 20.1. The highest BCUT2D eigenvalue weighted by atomic mass is 16.4. The molecule has 0 spiro atoms. The van der Waals surface area contributed by atoms with Crippen molar-refractivity contribution in [2.24, 2.45) is 7.05 Å². The van der Waals surface area contributed by atoms with Gasteiger partial charge in [-0.3, -0.25) is 33.7 Å². The number of imidazole rings is 1. The third-order valence-corrected chi connectivity index (χ3v) is 6.00. The Labute approximate surface area is 172 Å². The van der Waals surface area contributed by atoms with Gasteiger partial charge in [0.2, 0.25) is 11.8 Å². The highest BCUT2D eigenvalue weighted by molar-refractivity contribution is 6.00.